The lowest BCUT2D eigenvalue weighted by atomic mass is 9.97. The van der Waals surface area contributed by atoms with Gasteiger partial charge in [0.15, 0.2) is 0 Å². The normalized spacial score (nSPS) is 14.7. The molecule has 0 N–H and O–H groups in total. The molecule has 0 saturated carbocycles. The fraction of sp³-hybridized carbons (Fsp3) is 0.207. The van der Waals surface area contributed by atoms with Gasteiger partial charge in [0.05, 0.1) is 22.7 Å². The number of rotatable bonds is 6. The van der Waals surface area contributed by atoms with Crippen molar-refractivity contribution in [3.8, 4) is 16.9 Å². The van der Waals surface area contributed by atoms with Gasteiger partial charge in [-0.3, -0.25) is 4.79 Å². The lowest BCUT2D eigenvalue weighted by Crippen LogP contribution is -2.28. The molecule has 2 heterocycles. The number of amides is 1. The van der Waals surface area contributed by atoms with Gasteiger partial charge in [0, 0.05) is 41.7 Å². The lowest BCUT2D eigenvalue weighted by Gasteiger charge is -2.16. The van der Waals surface area contributed by atoms with Crippen LogP contribution in [0.3, 0.4) is 0 Å². The topological polar surface area (TPSA) is 55.3 Å². The highest BCUT2D eigenvalue weighted by atomic mass is 35.5. The number of methoxy groups -OCH3 is 1. The van der Waals surface area contributed by atoms with Crippen molar-refractivity contribution in [1.82, 2.24) is 9.97 Å². The van der Waals surface area contributed by atoms with Crippen LogP contribution in [0.15, 0.2) is 67.4 Å². The van der Waals surface area contributed by atoms with Crippen LogP contribution < -0.4 is 9.64 Å². The molecule has 5 rings (SSSR count). The van der Waals surface area contributed by atoms with E-state index in [1.54, 1.807) is 12.0 Å². The summed E-state index contributed by atoms with van der Waals surface area (Å²) >= 11 is 13.4. The number of carbonyl (C=O) groups is 1. The van der Waals surface area contributed by atoms with Crippen molar-refractivity contribution < 1.29 is 9.53 Å². The van der Waals surface area contributed by atoms with E-state index in [9.17, 15) is 4.79 Å². The molecule has 182 valence electrons. The van der Waals surface area contributed by atoms with E-state index in [1.165, 1.54) is 6.08 Å². The molecule has 0 fully saturated rings. The molecule has 1 aliphatic rings. The van der Waals surface area contributed by atoms with Crippen LogP contribution in [-0.2, 0) is 17.6 Å². The Kier molecular flexibility index (Phi) is 6.69. The van der Waals surface area contributed by atoms with Gasteiger partial charge >= 0.3 is 0 Å². The summed E-state index contributed by atoms with van der Waals surface area (Å²) in [4.78, 5) is 23.6. The third-order valence-electron chi connectivity index (χ3n) is 6.70. The summed E-state index contributed by atoms with van der Waals surface area (Å²) in [5.74, 6) is 1.34. The average Bonchev–Trinajstić information content (AvgIpc) is 3.27. The zero-order chi connectivity index (χ0) is 25.4. The predicted molar refractivity (Wildman–Crippen MR) is 146 cm³/mol. The zero-order valence-corrected chi connectivity index (χ0v) is 21.6. The van der Waals surface area contributed by atoms with Crippen molar-refractivity contribution in [3.05, 3.63) is 94.4 Å². The second kappa shape index (κ2) is 9.92. The molecule has 0 aliphatic carbocycles. The fourth-order valence-corrected chi connectivity index (χ4v) is 5.63. The van der Waals surface area contributed by atoms with Gasteiger partial charge in [-0.05, 0) is 53.5 Å². The first-order valence-electron chi connectivity index (χ1n) is 11.8. The van der Waals surface area contributed by atoms with Crippen molar-refractivity contribution in [2.75, 3.05) is 18.6 Å². The molecule has 4 aromatic rings. The SMILES string of the molecule is C=CC(=O)N1CC(Cc2ncc3cc(-c4c(Cl)c(CC)cc(OC)c4Cl)ccc3n2)c2ccccc21. The van der Waals surface area contributed by atoms with Crippen molar-refractivity contribution >= 4 is 45.7 Å². The summed E-state index contributed by atoms with van der Waals surface area (Å²) in [7, 11) is 1.60. The number of para-hydroxylation sites is 1. The molecule has 0 spiro atoms. The lowest BCUT2D eigenvalue weighted by molar-refractivity contribution is -0.114. The van der Waals surface area contributed by atoms with Crippen LogP contribution in [0.1, 0.15) is 29.8 Å². The van der Waals surface area contributed by atoms with Gasteiger partial charge in [-0.1, -0.05) is 61.0 Å². The molecule has 36 heavy (non-hydrogen) atoms. The van der Waals surface area contributed by atoms with Gasteiger partial charge < -0.3 is 9.64 Å². The summed E-state index contributed by atoms with van der Waals surface area (Å²) in [5.41, 5.74) is 5.48. The monoisotopic (exact) mass is 517 g/mol. The van der Waals surface area contributed by atoms with E-state index in [0.717, 1.165) is 51.1 Å². The number of nitrogens with zero attached hydrogens (tertiary/aromatic N) is 3. The Bertz CT molecular complexity index is 1470. The molecule has 0 radical (unpaired) electrons. The fourth-order valence-electron chi connectivity index (χ4n) is 4.86. The number of hydrogen-bond acceptors (Lipinski definition) is 4. The standard InChI is InChI=1S/C29H25Cl2N3O2/c1-4-17-13-24(36-3)29(31)27(28(17)30)18-10-11-22-19(12-18)15-32-25(33-22)14-20-16-34(26(35)5-2)23-9-7-6-8-21(20)23/h5-13,15,20H,2,4,14,16H2,1,3H3. The molecule has 1 amide bonds. The summed E-state index contributed by atoms with van der Waals surface area (Å²) < 4.78 is 5.48. The average molecular weight is 518 g/mol. The van der Waals surface area contributed by atoms with Crippen molar-refractivity contribution in [2.24, 2.45) is 0 Å². The smallest absolute Gasteiger partial charge is 0.250 e. The van der Waals surface area contributed by atoms with E-state index >= 15 is 0 Å². The van der Waals surface area contributed by atoms with Crippen LogP contribution in [0.4, 0.5) is 5.69 Å². The Morgan fingerprint density at radius 1 is 1.19 bits per heavy atom. The second-order valence-corrected chi connectivity index (χ2v) is 9.52. The zero-order valence-electron chi connectivity index (χ0n) is 20.1. The van der Waals surface area contributed by atoms with E-state index in [4.69, 9.17) is 32.9 Å². The third-order valence-corrected chi connectivity index (χ3v) is 7.51. The van der Waals surface area contributed by atoms with Crippen molar-refractivity contribution in [2.45, 2.75) is 25.7 Å². The van der Waals surface area contributed by atoms with Crippen molar-refractivity contribution in [1.29, 1.82) is 0 Å². The first kappa shape index (κ1) is 24.3. The maximum absolute atomic E-state index is 12.4. The third kappa shape index (κ3) is 4.23. The maximum atomic E-state index is 12.4. The van der Waals surface area contributed by atoms with Crippen LogP contribution in [0.2, 0.25) is 10.0 Å². The largest absolute Gasteiger partial charge is 0.495 e. The molecular weight excluding hydrogens is 493 g/mol. The van der Waals surface area contributed by atoms with E-state index < -0.39 is 0 Å². The first-order valence-corrected chi connectivity index (χ1v) is 12.5. The first-order chi connectivity index (χ1) is 17.4. The number of aryl methyl sites for hydroxylation is 1. The van der Waals surface area contributed by atoms with E-state index in [-0.39, 0.29) is 11.8 Å². The van der Waals surface area contributed by atoms with Crippen LogP contribution in [0.25, 0.3) is 22.0 Å². The number of halogens is 2. The number of anilines is 1. The predicted octanol–water partition coefficient (Wildman–Crippen LogP) is 7.03. The number of aromatic nitrogens is 2. The van der Waals surface area contributed by atoms with Crippen LogP contribution >= 0.6 is 23.2 Å². The minimum atomic E-state index is -0.0991. The quantitative estimate of drug-likeness (QED) is 0.257. The Hall–Kier alpha value is -3.41. The number of ether oxygens (including phenoxy) is 1. The summed E-state index contributed by atoms with van der Waals surface area (Å²) in [6.45, 7) is 6.27. The Balaban J connectivity index is 1.47. The van der Waals surface area contributed by atoms with Gasteiger partial charge in [-0.15, -0.1) is 0 Å². The maximum Gasteiger partial charge on any atom is 0.250 e. The molecular formula is C29H25Cl2N3O2. The molecule has 1 unspecified atom stereocenters. The van der Waals surface area contributed by atoms with Crippen LogP contribution in [0, 0.1) is 0 Å². The van der Waals surface area contributed by atoms with Gasteiger partial charge in [0.2, 0.25) is 5.91 Å². The Labute approximate surface area is 220 Å². The van der Waals surface area contributed by atoms with E-state index in [1.807, 2.05) is 55.6 Å². The van der Waals surface area contributed by atoms with Gasteiger partial charge in [-0.2, -0.15) is 0 Å². The number of hydrogen-bond donors (Lipinski definition) is 0. The number of benzene rings is 3. The summed E-state index contributed by atoms with van der Waals surface area (Å²) in [6, 6.07) is 15.8. The molecule has 1 atom stereocenters. The van der Waals surface area contributed by atoms with Gasteiger partial charge in [0.1, 0.15) is 11.6 Å². The van der Waals surface area contributed by atoms with Crippen LogP contribution in [0.5, 0.6) is 5.75 Å². The number of carbonyl (C=O) groups excluding carboxylic acids is 1. The van der Waals surface area contributed by atoms with E-state index in [0.29, 0.717) is 28.8 Å². The van der Waals surface area contributed by atoms with Crippen LogP contribution in [-0.4, -0.2) is 29.5 Å². The van der Waals surface area contributed by atoms with E-state index in [2.05, 4.69) is 17.6 Å². The Morgan fingerprint density at radius 3 is 2.75 bits per heavy atom. The molecule has 0 bridgehead atoms. The minimum absolute atomic E-state index is 0.0991. The summed E-state index contributed by atoms with van der Waals surface area (Å²) in [6.07, 6.45) is 4.58. The highest BCUT2D eigenvalue weighted by Crippen LogP contribution is 2.43. The molecule has 3 aromatic carbocycles. The molecule has 5 nitrogen and oxygen atoms in total. The van der Waals surface area contributed by atoms with Gasteiger partial charge in [-0.25, -0.2) is 9.97 Å². The molecule has 1 aliphatic heterocycles. The Morgan fingerprint density at radius 2 is 2.00 bits per heavy atom. The number of fused-ring (bicyclic) bond motifs is 2. The molecule has 7 heteroatoms. The molecule has 1 aromatic heterocycles. The highest BCUT2D eigenvalue weighted by molar-refractivity contribution is 6.40. The summed E-state index contributed by atoms with van der Waals surface area (Å²) in [5, 5.41) is 1.99. The van der Waals surface area contributed by atoms with Crippen molar-refractivity contribution in [3.63, 3.8) is 0 Å². The van der Waals surface area contributed by atoms with Gasteiger partial charge in [0.25, 0.3) is 0 Å². The minimum Gasteiger partial charge on any atom is -0.495 e. The highest BCUT2D eigenvalue weighted by Gasteiger charge is 2.31. The molecule has 0 saturated heterocycles. The second-order valence-electron chi connectivity index (χ2n) is 8.77.